The van der Waals surface area contributed by atoms with Crippen molar-refractivity contribution in [2.75, 3.05) is 36.4 Å². The molecule has 0 radical (unpaired) electrons. The van der Waals surface area contributed by atoms with Gasteiger partial charge in [0.25, 0.3) is 0 Å². The lowest BCUT2D eigenvalue weighted by Crippen LogP contribution is -2.42. The minimum Gasteiger partial charge on any atom is -0.372 e. The SMILES string of the molecule is NC(=O)C1(C2CCN(c3ccc(S(=O)(=O)N4CCC(Nc5ccc(C(F)(F)F)cn5)CC4)cc3)CC2)CC1. The number of carbonyl (C=O) groups is 1. The second-order valence-electron chi connectivity index (χ2n) is 10.5. The predicted octanol–water partition coefficient (Wildman–Crippen LogP) is 3.85. The molecule has 3 N–H and O–H groups in total. The van der Waals surface area contributed by atoms with Crippen molar-refractivity contribution >= 4 is 27.4 Å². The van der Waals surface area contributed by atoms with E-state index in [4.69, 9.17) is 5.73 Å². The molecule has 2 aliphatic heterocycles. The largest absolute Gasteiger partial charge is 0.417 e. The molecular weight excluding hydrogens is 519 g/mol. The van der Waals surface area contributed by atoms with Crippen LogP contribution in [-0.4, -0.2) is 55.8 Å². The Balaban J connectivity index is 1.14. The average molecular weight is 552 g/mol. The molecule has 1 aromatic carbocycles. The summed E-state index contributed by atoms with van der Waals surface area (Å²) < 4.78 is 66.1. The highest BCUT2D eigenvalue weighted by Crippen LogP contribution is 2.55. The number of nitrogens with two attached hydrogens (primary N) is 1. The first-order valence-corrected chi connectivity index (χ1v) is 14.4. The molecule has 0 unspecified atom stereocenters. The monoisotopic (exact) mass is 551 g/mol. The third-order valence-electron chi connectivity index (χ3n) is 8.29. The third kappa shape index (κ3) is 5.33. The number of rotatable bonds is 7. The molecule has 1 saturated carbocycles. The van der Waals surface area contributed by atoms with Crippen molar-refractivity contribution < 1.29 is 26.4 Å². The molecule has 206 valence electrons. The number of hydrogen-bond acceptors (Lipinski definition) is 6. The molecule has 1 amide bonds. The van der Waals surface area contributed by atoms with Crippen LogP contribution in [0.3, 0.4) is 0 Å². The van der Waals surface area contributed by atoms with Gasteiger partial charge in [-0.15, -0.1) is 0 Å². The molecule has 3 fully saturated rings. The maximum absolute atomic E-state index is 13.2. The van der Waals surface area contributed by atoms with Crippen molar-refractivity contribution in [3.8, 4) is 0 Å². The summed E-state index contributed by atoms with van der Waals surface area (Å²) in [6.07, 6.45) is 0.952. The number of primary amides is 1. The van der Waals surface area contributed by atoms with Crippen LogP contribution in [0.5, 0.6) is 0 Å². The van der Waals surface area contributed by atoms with Crippen LogP contribution in [0.15, 0.2) is 47.5 Å². The van der Waals surface area contributed by atoms with Crippen LogP contribution in [0.4, 0.5) is 24.7 Å². The lowest BCUT2D eigenvalue weighted by Gasteiger charge is -2.36. The number of pyridine rings is 1. The molecule has 2 aromatic rings. The molecular formula is C26H32F3N5O3S. The summed E-state index contributed by atoms with van der Waals surface area (Å²) in [6, 6.07) is 9.12. The van der Waals surface area contributed by atoms with Gasteiger partial charge in [0.2, 0.25) is 15.9 Å². The van der Waals surface area contributed by atoms with Crippen molar-refractivity contribution in [1.82, 2.24) is 9.29 Å². The fourth-order valence-corrected chi connectivity index (χ4v) is 7.23. The highest BCUT2D eigenvalue weighted by atomic mass is 32.2. The Kier molecular flexibility index (Phi) is 7.06. The number of halogens is 3. The van der Waals surface area contributed by atoms with Crippen LogP contribution >= 0.6 is 0 Å². The maximum atomic E-state index is 13.2. The molecule has 1 aromatic heterocycles. The van der Waals surface area contributed by atoms with E-state index < -0.39 is 21.8 Å². The highest BCUT2D eigenvalue weighted by molar-refractivity contribution is 7.89. The van der Waals surface area contributed by atoms with Crippen molar-refractivity contribution in [1.29, 1.82) is 0 Å². The molecule has 38 heavy (non-hydrogen) atoms. The van der Waals surface area contributed by atoms with E-state index in [9.17, 15) is 26.4 Å². The fourth-order valence-electron chi connectivity index (χ4n) is 5.76. The summed E-state index contributed by atoms with van der Waals surface area (Å²) in [5.41, 5.74) is 5.48. The molecule has 0 bridgehead atoms. The first kappa shape index (κ1) is 26.7. The zero-order valence-electron chi connectivity index (χ0n) is 21.0. The van der Waals surface area contributed by atoms with Crippen molar-refractivity contribution in [2.24, 2.45) is 17.1 Å². The van der Waals surface area contributed by atoms with E-state index >= 15 is 0 Å². The number of sulfonamides is 1. The van der Waals surface area contributed by atoms with E-state index in [-0.39, 0.29) is 22.3 Å². The van der Waals surface area contributed by atoms with Crippen LogP contribution < -0.4 is 16.0 Å². The van der Waals surface area contributed by atoms with Gasteiger partial charge in [-0.05, 0) is 80.8 Å². The molecule has 3 heterocycles. The van der Waals surface area contributed by atoms with Crippen LogP contribution in [0.1, 0.15) is 44.1 Å². The van der Waals surface area contributed by atoms with Crippen molar-refractivity contribution in [2.45, 2.75) is 55.6 Å². The lowest BCUT2D eigenvalue weighted by molar-refractivity contribution is -0.137. The summed E-state index contributed by atoms with van der Waals surface area (Å²) in [5.74, 6) is 0.478. The van der Waals surface area contributed by atoms with Gasteiger partial charge in [0, 0.05) is 44.1 Å². The molecule has 12 heteroatoms. The number of benzene rings is 1. The number of aromatic nitrogens is 1. The van der Waals surface area contributed by atoms with Gasteiger partial charge in [-0.2, -0.15) is 17.5 Å². The minimum atomic E-state index is -4.44. The van der Waals surface area contributed by atoms with E-state index in [1.807, 2.05) is 12.1 Å². The Bertz CT molecular complexity index is 1250. The number of carbonyl (C=O) groups excluding carboxylic acids is 1. The average Bonchev–Trinajstić information content (AvgIpc) is 3.72. The Morgan fingerprint density at radius 2 is 1.61 bits per heavy atom. The van der Waals surface area contributed by atoms with Gasteiger partial charge in [-0.25, -0.2) is 13.4 Å². The number of piperidine rings is 2. The summed E-state index contributed by atoms with van der Waals surface area (Å²) in [5, 5.41) is 3.11. The van der Waals surface area contributed by atoms with Crippen molar-refractivity contribution in [3.05, 3.63) is 48.2 Å². The van der Waals surface area contributed by atoms with E-state index in [0.717, 1.165) is 56.7 Å². The van der Waals surface area contributed by atoms with Crippen LogP contribution in [0, 0.1) is 11.3 Å². The van der Waals surface area contributed by atoms with Crippen LogP contribution in [0.25, 0.3) is 0 Å². The second kappa shape index (κ2) is 10.0. The first-order chi connectivity index (χ1) is 18.0. The fraction of sp³-hybridized carbons (Fsp3) is 0.538. The minimum absolute atomic E-state index is 0.0830. The number of amides is 1. The lowest BCUT2D eigenvalue weighted by atomic mass is 9.81. The van der Waals surface area contributed by atoms with E-state index in [0.29, 0.717) is 37.7 Å². The normalized spacial score (nSPS) is 21.3. The molecule has 0 atom stereocenters. The Morgan fingerprint density at radius 1 is 0.974 bits per heavy atom. The van der Waals surface area contributed by atoms with Gasteiger partial charge in [-0.1, -0.05) is 0 Å². The highest BCUT2D eigenvalue weighted by Gasteiger charge is 2.54. The van der Waals surface area contributed by atoms with Gasteiger partial charge in [0.05, 0.1) is 15.9 Å². The molecule has 2 saturated heterocycles. The van der Waals surface area contributed by atoms with Gasteiger partial charge in [0.1, 0.15) is 5.82 Å². The topological polar surface area (TPSA) is 109 Å². The zero-order valence-corrected chi connectivity index (χ0v) is 21.8. The number of nitrogens with one attached hydrogen (secondary N) is 1. The molecule has 3 aliphatic rings. The second-order valence-corrected chi connectivity index (χ2v) is 12.5. The van der Waals surface area contributed by atoms with E-state index in [2.05, 4.69) is 15.2 Å². The molecule has 5 rings (SSSR count). The van der Waals surface area contributed by atoms with Crippen LogP contribution in [0.2, 0.25) is 0 Å². The van der Waals surface area contributed by atoms with Gasteiger partial charge in [0.15, 0.2) is 0 Å². The third-order valence-corrected chi connectivity index (χ3v) is 10.2. The molecule has 8 nitrogen and oxygen atoms in total. The predicted molar refractivity (Wildman–Crippen MR) is 137 cm³/mol. The Labute approximate surface area is 220 Å². The molecule has 1 aliphatic carbocycles. The maximum Gasteiger partial charge on any atom is 0.417 e. The van der Waals surface area contributed by atoms with Gasteiger partial charge < -0.3 is 16.0 Å². The smallest absolute Gasteiger partial charge is 0.372 e. The van der Waals surface area contributed by atoms with Gasteiger partial charge >= 0.3 is 6.18 Å². The number of alkyl halides is 3. The quantitative estimate of drug-likeness (QED) is 0.541. The summed E-state index contributed by atoms with van der Waals surface area (Å²) in [6.45, 7) is 2.22. The van der Waals surface area contributed by atoms with E-state index in [1.165, 1.54) is 10.4 Å². The summed E-state index contributed by atoms with van der Waals surface area (Å²) >= 11 is 0. The summed E-state index contributed by atoms with van der Waals surface area (Å²) in [7, 11) is -3.66. The van der Waals surface area contributed by atoms with E-state index in [1.54, 1.807) is 12.1 Å². The number of hydrogen-bond donors (Lipinski definition) is 2. The Hall–Kier alpha value is -2.86. The number of anilines is 2. The standard InChI is InChI=1S/C26H32F3N5O3S/c27-26(28,29)19-1-6-23(31-17-19)32-20-9-15-34(16-10-20)38(36,37)22-4-2-21(3-5-22)33-13-7-18(8-14-33)25(11-12-25)24(30)35/h1-6,17-18,20H,7-16H2,(H2,30,35)(H,31,32). The zero-order chi connectivity index (χ0) is 27.1. The molecule has 0 spiro atoms. The summed E-state index contributed by atoms with van der Waals surface area (Å²) in [4.78, 5) is 18.1. The van der Waals surface area contributed by atoms with Crippen molar-refractivity contribution in [3.63, 3.8) is 0 Å². The first-order valence-electron chi connectivity index (χ1n) is 12.9. The Morgan fingerprint density at radius 3 is 2.11 bits per heavy atom. The van der Waals surface area contributed by atoms with Gasteiger partial charge in [-0.3, -0.25) is 4.79 Å². The van der Waals surface area contributed by atoms with Crippen LogP contribution in [-0.2, 0) is 21.0 Å². The number of nitrogens with zero attached hydrogens (tertiary/aromatic N) is 3.